The van der Waals surface area contributed by atoms with E-state index in [9.17, 15) is 9.59 Å². The first-order valence-corrected chi connectivity index (χ1v) is 9.94. The van der Waals surface area contributed by atoms with Gasteiger partial charge in [-0.1, -0.05) is 30.3 Å². The molecule has 8 nitrogen and oxygen atoms in total. The van der Waals surface area contributed by atoms with E-state index in [1.807, 2.05) is 34.9 Å². The topological polar surface area (TPSA) is 102 Å². The Morgan fingerprint density at radius 3 is 2.66 bits per heavy atom. The fraction of sp³-hybridized carbons (Fsp3) is 0.0833. The summed E-state index contributed by atoms with van der Waals surface area (Å²) in [5, 5.41) is 12.6. The first kappa shape index (κ1) is 19.7. The molecule has 5 rings (SSSR count). The number of ether oxygens (including phenoxy) is 2. The average molecular weight is 429 g/mol. The van der Waals surface area contributed by atoms with Crippen LogP contribution in [-0.2, 0) is 6.54 Å². The summed E-state index contributed by atoms with van der Waals surface area (Å²) in [6.45, 7) is 0.617. The molecule has 3 N–H and O–H groups in total. The number of anilines is 1. The SMILES string of the molecule is O=C(NO)c1cccc(Cn2cc(C(=O)Nc3ccc4c(c3)OCO4)c3ccccc32)c1. The van der Waals surface area contributed by atoms with Crippen LogP contribution in [0.15, 0.2) is 72.9 Å². The molecule has 32 heavy (non-hydrogen) atoms. The number of benzene rings is 3. The zero-order valence-electron chi connectivity index (χ0n) is 16.9. The lowest BCUT2D eigenvalue weighted by molar-refractivity contribution is 0.0706. The van der Waals surface area contributed by atoms with Gasteiger partial charge in [0.15, 0.2) is 11.5 Å². The highest BCUT2D eigenvalue weighted by Crippen LogP contribution is 2.34. The highest BCUT2D eigenvalue weighted by atomic mass is 16.7. The van der Waals surface area contributed by atoms with Crippen LogP contribution in [-0.4, -0.2) is 28.4 Å². The Labute approximate surface area is 182 Å². The Morgan fingerprint density at radius 1 is 0.938 bits per heavy atom. The molecule has 1 aromatic heterocycles. The van der Waals surface area contributed by atoms with Crippen LogP contribution in [0, 0.1) is 0 Å². The number of aromatic nitrogens is 1. The van der Waals surface area contributed by atoms with Gasteiger partial charge in [0, 0.05) is 41.0 Å². The molecule has 1 aliphatic heterocycles. The number of hydrogen-bond donors (Lipinski definition) is 3. The van der Waals surface area contributed by atoms with Crippen LogP contribution in [0.2, 0.25) is 0 Å². The maximum Gasteiger partial charge on any atom is 0.274 e. The summed E-state index contributed by atoms with van der Waals surface area (Å²) in [6.07, 6.45) is 1.80. The molecule has 0 fully saturated rings. The van der Waals surface area contributed by atoms with Crippen LogP contribution < -0.4 is 20.3 Å². The van der Waals surface area contributed by atoms with Gasteiger partial charge in [-0.15, -0.1) is 0 Å². The molecule has 0 bridgehead atoms. The Bertz CT molecular complexity index is 1340. The Morgan fingerprint density at radius 2 is 1.78 bits per heavy atom. The third-order valence-electron chi connectivity index (χ3n) is 5.31. The van der Waals surface area contributed by atoms with Crippen molar-refractivity contribution >= 4 is 28.4 Å². The third kappa shape index (κ3) is 3.63. The number of nitrogens with one attached hydrogen (secondary N) is 2. The normalized spacial score (nSPS) is 12.0. The molecule has 0 unspecified atom stereocenters. The minimum Gasteiger partial charge on any atom is -0.454 e. The lowest BCUT2D eigenvalue weighted by atomic mass is 10.1. The molecule has 0 atom stereocenters. The number of para-hydroxylation sites is 1. The van der Waals surface area contributed by atoms with E-state index in [1.165, 1.54) is 0 Å². The van der Waals surface area contributed by atoms with Gasteiger partial charge in [-0.25, -0.2) is 5.48 Å². The van der Waals surface area contributed by atoms with Crippen molar-refractivity contribution < 1.29 is 24.3 Å². The quantitative estimate of drug-likeness (QED) is 0.331. The second-order valence-corrected chi connectivity index (χ2v) is 7.35. The molecule has 1 aliphatic rings. The predicted octanol–water partition coefficient (Wildman–Crippen LogP) is 3.79. The van der Waals surface area contributed by atoms with Crippen LogP contribution in [0.25, 0.3) is 10.9 Å². The molecule has 0 aliphatic carbocycles. The molecule has 3 aromatic carbocycles. The maximum absolute atomic E-state index is 13.1. The number of carbonyl (C=O) groups is 2. The summed E-state index contributed by atoms with van der Waals surface area (Å²) < 4.78 is 12.7. The largest absolute Gasteiger partial charge is 0.454 e. The average Bonchev–Trinajstić information content (AvgIpc) is 3.43. The van der Waals surface area contributed by atoms with Gasteiger partial charge in [0.1, 0.15) is 0 Å². The number of nitrogens with zero attached hydrogens (tertiary/aromatic N) is 1. The van der Waals surface area contributed by atoms with Crippen molar-refractivity contribution in [2.24, 2.45) is 0 Å². The first-order valence-electron chi connectivity index (χ1n) is 9.94. The smallest absolute Gasteiger partial charge is 0.274 e. The number of hydrogen-bond acceptors (Lipinski definition) is 5. The molecular formula is C24H19N3O5. The number of hydroxylamine groups is 1. The monoisotopic (exact) mass is 429 g/mol. The molecule has 4 aromatic rings. The van der Waals surface area contributed by atoms with Crippen molar-refractivity contribution in [1.29, 1.82) is 0 Å². The summed E-state index contributed by atoms with van der Waals surface area (Å²) in [5.74, 6) is 0.425. The Hall–Kier alpha value is -4.30. The maximum atomic E-state index is 13.1. The Balaban J connectivity index is 1.45. The van der Waals surface area contributed by atoms with E-state index in [0.29, 0.717) is 34.9 Å². The lowest BCUT2D eigenvalue weighted by Gasteiger charge is -2.07. The van der Waals surface area contributed by atoms with Gasteiger partial charge >= 0.3 is 0 Å². The molecular weight excluding hydrogens is 410 g/mol. The highest BCUT2D eigenvalue weighted by Gasteiger charge is 2.18. The molecule has 0 saturated heterocycles. The van der Waals surface area contributed by atoms with E-state index >= 15 is 0 Å². The summed E-state index contributed by atoms with van der Waals surface area (Å²) in [5.41, 5.74) is 4.88. The van der Waals surface area contributed by atoms with Crippen LogP contribution in [0.1, 0.15) is 26.3 Å². The van der Waals surface area contributed by atoms with E-state index in [4.69, 9.17) is 14.7 Å². The highest BCUT2D eigenvalue weighted by molar-refractivity contribution is 6.13. The number of fused-ring (bicyclic) bond motifs is 2. The van der Waals surface area contributed by atoms with Crippen LogP contribution in [0.4, 0.5) is 5.69 Å². The molecule has 0 saturated carbocycles. The summed E-state index contributed by atoms with van der Waals surface area (Å²) in [4.78, 5) is 24.8. The second-order valence-electron chi connectivity index (χ2n) is 7.35. The zero-order valence-corrected chi connectivity index (χ0v) is 16.9. The van der Waals surface area contributed by atoms with E-state index in [2.05, 4.69) is 5.32 Å². The van der Waals surface area contributed by atoms with Gasteiger partial charge in [-0.3, -0.25) is 14.8 Å². The first-order chi connectivity index (χ1) is 15.6. The van der Waals surface area contributed by atoms with E-state index in [-0.39, 0.29) is 12.7 Å². The van der Waals surface area contributed by atoms with Crippen molar-refractivity contribution in [1.82, 2.24) is 10.0 Å². The molecule has 2 amide bonds. The minimum absolute atomic E-state index is 0.168. The molecule has 0 spiro atoms. The van der Waals surface area contributed by atoms with Gasteiger partial charge in [0.05, 0.1) is 5.56 Å². The summed E-state index contributed by atoms with van der Waals surface area (Å²) >= 11 is 0. The van der Waals surface area contributed by atoms with Crippen LogP contribution >= 0.6 is 0 Å². The van der Waals surface area contributed by atoms with Gasteiger partial charge < -0.3 is 19.4 Å². The summed E-state index contributed by atoms with van der Waals surface area (Å²) in [6, 6.07) is 19.8. The van der Waals surface area contributed by atoms with Crippen molar-refractivity contribution in [2.45, 2.75) is 6.54 Å². The standard InChI is InChI=1S/C24H19N3O5/c28-23(26-30)16-5-3-4-15(10-16)12-27-13-19(18-6-1-2-7-20(18)27)24(29)25-17-8-9-21-22(11-17)32-14-31-21/h1-11,13,30H,12,14H2,(H,25,29)(H,26,28). The fourth-order valence-corrected chi connectivity index (χ4v) is 3.80. The fourth-order valence-electron chi connectivity index (χ4n) is 3.80. The number of amides is 2. The van der Waals surface area contributed by atoms with Crippen molar-refractivity contribution in [3.8, 4) is 11.5 Å². The van der Waals surface area contributed by atoms with Gasteiger partial charge in [-0.2, -0.15) is 0 Å². The number of carbonyl (C=O) groups excluding carboxylic acids is 2. The number of rotatable bonds is 5. The molecule has 2 heterocycles. The minimum atomic E-state index is -0.576. The third-order valence-corrected chi connectivity index (χ3v) is 5.31. The van der Waals surface area contributed by atoms with E-state index in [1.54, 1.807) is 48.1 Å². The molecule has 160 valence electrons. The second kappa shape index (κ2) is 8.09. The van der Waals surface area contributed by atoms with Crippen LogP contribution in [0.3, 0.4) is 0 Å². The van der Waals surface area contributed by atoms with Gasteiger partial charge in [0.2, 0.25) is 6.79 Å². The summed E-state index contributed by atoms with van der Waals surface area (Å²) in [7, 11) is 0. The van der Waals surface area contributed by atoms with Crippen molar-refractivity contribution in [3.05, 3.63) is 89.6 Å². The van der Waals surface area contributed by atoms with Crippen molar-refractivity contribution in [3.63, 3.8) is 0 Å². The zero-order chi connectivity index (χ0) is 22.1. The Kier molecular flexibility index (Phi) is 4.97. The predicted molar refractivity (Wildman–Crippen MR) is 117 cm³/mol. The van der Waals surface area contributed by atoms with E-state index < -0.39 is 5.91 Å². The van der Waals surface area contributed by atoms with Gasteiger partial charge in [0.25, 0.3) is 11.8 Å². The van der Waals surface area contributed by atoms with Crippen molar-refractivity contribution in [2.75, 3.05) is 12.1 Å². The van der Waals surface area contributed by atoms with Crippen LogP contribution in [0.5, 0.6) is 11.5 Å². The molecule has 0 radical (unpaired) electrons. The van der Waals surface area contributed by atoms with E-state index in [0.717, 1.165) is 16.5 Å². The van der Waals surface area contributed by atoms with Gasteiger partial charge in [-0.05, 0) is 35.9 Å². The molecule has 8 heteroatoms. The lowest BCUT2D eigenvalue weighted by Crippen LogP contribution is -2.18.